The SMILES string of the molecule is C[C@H]1CN(Cc2ccc(N3CCOCC3)cc2OC(F)(F)F)CCN1C(=O)On1c(O)ccc1O. The molecule has 1 atom stereocenters. The van der Waals surface area contributed by atoms with Crippen molar-refractivity contribution in [1.29, 1.82) is 0 Å². The van der Waals surface area contributed by atoms with Gasteiger partial charge in [0.25, 0.3) is 0 Å². The summed E-state index contributed by atoms with van der Waals surface area (Å²) in [6.07, 6.45) is -5.60. The topological polar surface area (TPSA) is 99.9 Å². The number of aromatic nitrogens is 1. The number of rotatable bonds is 5. The minimum Gasteiger partial charge on any atom is -0.492 e. The zero-order valence-electron chi connectivity index (χ0n) is 19.1. The normalized spacial score (nSPS) is 19.6. The molecule has 0 unspecified atom stereocenters. The van der Waals surface area contributed by atoms with Crippen LogP contribution in [0.4, 0.5) is 23.7 Å². The van der Waals surface area contributed by atoms with Gasteiger partial charge in [0.05, 0.1) is 13.2 Å². The fourth-order valence-electron chi connectivity index (χ4n) is 4.23. The number of carbonyl (C=O) groups excluding carboxylic acids is 1. The van der Waals surface area contributed by atoms with E-state index in [0.717, 1.165) is 0 Å². The van der Waals surface area contributed by atoms with E-state index < -0.39 is 24.2 Å². The largest absolute Gasteiger partial charge is 0.573 e. The lowest BCUT2D eigenvalue weighted by atomic mass is 10.1. The third-order valence-electron chi connectivity index (χ3n) is 5.96. The van der Waals surface area contributed by atoms with Crippen LogP contribution < -0.4 is 14.5 Å². The van der Waals surface area contributed by atoms with Crippen molar-refractivity contribution < 1.29 is 42.5 Å². The average Bonchev–Trinajstić information content (AvgIpc) is 3.12. The number of halogens is 3. The van der Waals surface area contributed by atoms with Gasteiger partial charge in [-0.3, -0.25) is 4.90 Å². The van der Waals surface area contributed by atoms with Crippen molar-refractivity contribution in [1.82, 2.24) is 14.5 Å². The lowest BCUT2D eigenvalue weighted by molar-refractivity contribution is -0.275. The van der Waals surface area contributed by atoms with Gasteiger partial charge in [-0.15, -0.1) is 17.9 Å². The average molecular weight is 500 g/mol. The molecule has 10 nitrogen and oxygen atoms in total. The molecule has 1 aromatic carbocycles. The van der Waals surface area contributed by atoms with Gasteiger partial charge in [-0.2, -0.15) is 0 Å². The van der Waals surface area contributed by atoms with Crippen LogP contribution in [0.3, 0.4) is 0 Å². The summed E-state index contributed by atoms with van der Waals surface area (Å²) in [6, 6.07) is 6.83. The van der Waals surface area contributed by atoms with E-state index >= 15 is 0 Å². The van der Waals surface area contributed by atoms with Crippen molar-refractivity contribution in [2.45, 2.75) is 25.9 Å². The molecular formula is C22H27F3N4O6. The van der Waals surface area contributed by atoms with Gasteiger partial charge < -0.3 is 34.3 Å². The molecular weight excluding hydrogens is 473 g/mol. The molecule has 2 fully saturated rings. The summed E-state index contributed by atoms with van der Waals surface area (Å²) < 4.78 is 49.6. The number of amides is 1. The van der Waals surface area contributed by atoms with Crippen LogP contribution >= 0.6 is 0 Å². The second-order valence-electron chi connectivity index (χ2n) is 8.42. The second kappa shape index (κ2) is 10.1. The number of carbonyl (C=O) groups is 1. The lowest BCUT2D eigenvalue weighted by Crippen LogP contribution is -2.55. The zero-order valence-corrected chi connectivity index (χ0v) is 19.1. The van der Waals surface area contributed by atoms with Gasteiger partial charge in [0.15, 0.2) is 0 Å². The third kappa shape index (κ3) is 6.03. The van der Waals surface area contributed by atoms with Crippen molar-refractivity contribution in [3.05, 3.63) is 35.9 Å². The standard InChI is InChI=1S/C22H27F3N4O6/c1-15-13-26(6-7-28(15)21(32)35-29-19(30)4-5-20(29)31)14-16-2-3-17(27-8-10-33-11-9-27)12-18(16)34-22(23,24)25/h2-5,12,15,30-31H,6-11,13-14H2,1H3/t15-/m0/s1. The Morgan fingerprint density at radius 2 is 1.77 bits per heavy atom. The lowest BCUT2D eigenvalue weighted by Gasteiger charge is -2.39. The summed E-state index contributed by atoms with van der Waals surface area (Å²) in [5.74, 6) is -1.12. The van der Waals surface area contributed by atoms with E-state index in [0.29, 0.717) is 55.4 Å². The first-order valence-corrected chi connectivity index (χ1v) is 11.1. The highest BCUT2D eigenvalue weighted by Crippen LogP contribution is 2.32. The summed E-state index contributed by atoms with van der Waals surface area (Å²) in [5.41, 5.74) is 1.01. The Hall–Kier alpha value is -3.32. The quantitative estimate of drug-likeness (QED) is 0.646. The highest BCUT2D eigenvalue weighted by molar-refractivity contribution is 5.68. The number of aromatic hydroxyl groups is 2. The second-order valence-corrected chi connectivity index (χ2v) is 8.42. The number of ether oxygens (including phenoxy) is 2. The molecule has 3 heterocycles. The molecule has 0 aliphatic carbocycles. The van der Waals surface area contributed by atoms with Gasteiger partial charge in [0.1, 0.15) is 5.75 Å². The summed E-state index contributed by atoms with van der Waals surface area (Å²) in [5, 5.41) is 19.3. The van der Waals surface area contributed by atoms with E-state index in [9.17, 15) is 28.2 Å². The number of hydrogen-bond acceptors (Lipinski definition) is 8. The smallest absolute Gasteiger partial charge is 0.492 e. The van der Waals surface area contributed by atoms with Gasteiger partial charge in [-0.25, -0.2) is 4.79 Å². The van der Waals surface area contributed by atoms with Crippen LogP contribution in [0, 0.1) is 0 Å². The number of hydrogen-bond donors (Lipinski definition) is 2. The van der Waals surface area contributed by atoms with Crippen molar-refractivity contribution in [2.75, 3.05) is 50.8 Å². The van der Waals surface area contributed by atoms with Gasteiger partial charge >= 0.3 is 12.5 Å². The molecule has 2 aliphatic rings. The van der Waals surface area contributed by atoms with E-state index in [2.05, 4.69) is 4.74 Å². The van der Waals surface area contributed by atoms with E-state index in [1.807, 2.05) is 9.80 Å². The number of morpholine rings is 1. The number of alkyl halides is 3. The highest BCUT2D eigenvalue weighted by Gasteiger charge is 2.34. The number of benzene rings is 1. The van der Waals surface area contributed by atoms with Gasteiger partial charge in [-0.05, 0) is 13.0 Å². The predicted octanol–water partition coefficient (Wildman–Crippen LogP) is 2.39. The zero-order chi connectivity index (χ0) is 25.2. The van der Waals surface area contributed by atoms with E-state index in [1.54, 1.807) is 19.1 Å². The van der Waals surface area contributed by atoms with Crippen molar-refractivity contribution in [2.24, 2.45) is 0 Å². The first-order chi connectivity index (χ1) is 16.6. The number of anilines is 1. The van der Waals surface area contributed by atoms with Gasteiger partial charge in [0.2, 0.25) is 11.8 Å². The molecule has 0 saturated carbocycles. The first-order valence-electron chi connectivity index (χ1n) is 11.1. The van der Waals surface area contributed by atoms with E-state index in [4.69, 9.17) is 9.57 Å². The van der Waals surface area contributed by atoms with Crippen LogP contribution in [0.5, 0.6) is 17.5 Å². The number of piperazine rings is 1. The Bertz CT molecular complexity index is 1020. The number of nitrogens with zero attached hydrogens (tertiary/aromatic N) is 4. The Balaban J connectivity index is 1.43. The van der Waals surface area contributed by atoms with Crippen molar-refractivity contribution >= 4 is 11.8 Å². The minimum atomic E-state index is -4.83. The molecule has 13 heteroatoms. The van der Waals surface area contributed by atoms with Gasteiger partial charge in [0, 0.05) is 74.8 Å². The molecule has 0 radical (unpaired) electrons. The molecule has 192 valence electrons. The minimum absolute atomic E-state index is 0.196. The predicted molar refractivity (Wildman–Crippen MR) is 117 cm³/mol. The molecule has 0 spiro atoms. The fourth-order valence-corrected chi connectivity index (χ4v) is 4.23. The summed E-state index contributed by atoms with van der Waals surface area (Å²) in [6.45, 7) is 5.13. The maximum Gasteiger partial charge on any atom is 0.573 e. The van der Waals surface area contributed by atoms with Gasteiger partial charge in [-0.1, -0.05) is 6.07 Å². The Morgan fingerprint density at radius 1 is 1.09 bits per heavy atom. The first kappa shape index (κ1) is 24.8. The highest BCUT2D eigenvalue weighted by atomic mass is 19.4. The molecule has 2 N–H and O–H groups in total. The maximum atomic E-state index is 13.1. The molecule has 0 bridgehead atoms. The molecule has 2 aromatic rings. The molecule has 2 aliphatic heterocycles. The van der Waals surface area contributed by atoms with Crippen LogP contribution in [0.1, 0.15) is 12.5 Å². The molecule has 4 rings (SSSR count). The monoisotopic (exact) mass is 500 g/mol. The maximum absolute atomic E-state index is 13.1. The van der Waals surface area contributed by atoms with Crippen LogP contribution in [-0.2, 0) is 11.3 Å². The van der Waals surface area contributed by atoms with Crippen LogP contribution in [0.25, 0.3) is 0 Å². The Morgan fingerprint density at radius 3 is 2.40 bits per heavy atom. The Labute approximate surface area is 199 Å². The summed E-state index contributed by atoms with van der Waals surface area (Å²) >= 11 is 0. The van der Waals surface area contributed by atoms with Crippen LogP contribution in [0.15, 0.2) is 30.3 Å². The van der Waals surface area contributed by atoms with Crippen molar-refractivity contribution in [3.63, 3.8) is 0 Å². The van der Waals surface area contributed by atoms with Crippen molar-refractivity contribution in [3.8, 4) is 17.5 Å². The Kier molecular flexibility index (Phi) is 7.17. The third-order valence-corrected chi connectivity index (χ3v) is 5.96. The molecule has 1 amide bonds. The van der Waals surface area contributed by atoms with Crippen LogP contribution in [-0.4, -0.2) is 89.2 Å². The summed E-state index contributed by atoms with van der Waals surface area (Å²) in [4.78, 5) is 22.9. The van der Waals surface area contributed by atoms with E-state index in [1.165, 1.54) is 23.1 Å². The van der Waals surface area contributed by atoms with E-state index in [-0.39, 0.29) is 24.9 Å². The molecule has 1 aromatic heterocycles. The molecule has 35 heavy (non-hydrogen) atoms. The fraction of sp³-hybridized carbons (Fsp3) is 0.500. The summed E-state index contributed by atoms with van der Waals surface area (Å²) in [7, 11) is 0. The van der Waals surface area contributed by atoms with Crippen LogP contribution in [0.2, 0.25) is 0 Å². The molecule has 2 saturated heterocycles.